The molecule has 0 bridgehead atoms. The van der Waals surface area contributed by atoms with Gasteiger partial charge in [0.25, 0.3) is 5.69 Å². The third-order valence-electron chi connectivity index (χ3n) is 7.70. The van der Waals surface area contributed by atoms with Gasteiger partial charge in [-0.05, 0) is 68.9 Å². The van der Waals surface area contributed by atoms with Crippen molar-refractivity contribution in [3.63, 3.8) is 0 Å². The van der Waals surface area contributed by atoms with Crippen LogP contribution in [0.3, 0.4) is 0 Å². The molecule has 1 aromatic carbocycles. The van der Waals surface area contributed by atoms with Crippen molar-refractivity contribution in [2.75, 3.05) is 13.1 Å². The van der Waals surface area contributed by atoms with Crippen LogP contribution >= 0.6 is 0 Å². The van der Waals surface area contributed by atoms with Gasteiger partial charge in [0, 0.05) is 37.6 Å². The van der Waals surface area contributed by atoms with Crippen LogP contribution in [0, 0.1) is 27.4 Å². The van der Waals surface area contributed by atoms with E-state index in [-0.39, 0.29) is 28.1 Å². The summed E-state index contributed by atoms with van der Waals surface area (Å²) in [6.45, 7) is 4.46. The van der Waals surface area contributed by atoms with Crippen molar-refractivity contribution in [3.8, 4) is 0 Å². The lowest BCUT2D eigenvalue weighted by molar-refractivity contribution is -0.384. The second-order valence-electron chi connectivity index (χ2n) is 9.74. The van der Waals surface area contributed by atoms with Crippen LogP contribution in [-0.2, 0) is 19.6 Å². The van der Waals surface area contributed by atoms with Crippen LogP contribution in [0.25, 0.3) is 0 Å². The maximum atomic E-state index is 13.3. The first-order valence-corrected chi connectivity index (χ1v) is 13.2. The first-order valence-electron chi connectivity index (χ1n) is 11.8. The molecule has 0 N–H and O–H groups in total. The molecule has 1 aliphatic heterocycles. The molecule has 1 heterocycles. The van der Waals surface area contributed by atoms with Gasteiger partial charge in [-0.15, -0.1) is 0 Å². The molecule has 0 radical (unpaired) electrons. The number of hydrogen-bond donors (Lipinski definition) is 0. The van der Waals surface area contributed by atoms with Crippen LogP contribution in [0.5, 0.6) is 0 Å². The van der Waals surface area contributed by atoms with E-state index in [4.69, 9.17) is 4.74 Å². The van der Waals surface area contributed by atoms with Crippen LogP contribution in [0.15, 0.2) is 40.8 Å². The lowest BCUT2D eigenvalue weighted by Crippen LogP contribution is -2.48. The van der Waals surface area contributed by atoms with Crippen molar-refractivity contribution in [1.29, 1.82) is 0 Å². The highest BCUT2D eigenvalue weighted by Gasteiger charge is 2.54. The van der Waals surface area contributed by atoms with E-state index in [1.165, 1.54) is 41.1 Å². The highest BCUT2D eigenvalue weighted by Crippen LogP contribution is 2.59. The van der Waals surface area contributed by atoms with Crippen molar-refractivity contribution in [2.24, 2.45) is 17.3 Å². The Hall–Kier alpha value is -2.26. The van der Waals surface area contributed by atoms with E-state index in [0.717, 1.165) is 32.1 Å². The van der Waals surface area contributed by atoms with Gasteiger partial charge in [-0.3, -0.25) is 14.9 Å². The van der Waals surface area contributed by atoms with Crippen LogP contribution < -0.4 is 0 Å². The summed E-state index contributed by atoms with van der Waals surface area (Å²) in [4.78, 5) is 22.4. The van der Waals surface area contributed by atoms with Crippen LogP contribution in [0.1, 0.15) is 58.8 Å². The largest absolute Gasteiger partial charge is 0.462 e. The summed E-state index contributed by atoms with van der Waals surface area (Å²) in [6, 6.07) is 5.08. The number of nitro groups is 1. The number of allylic oxidation sites excluding steroid dienone is 1. The molecule has 33 heavy (non-hydrogen) atoms. The van der Waals surface area contributed by atoms with Crippen molar-refractivity contribution < 1.29 is 22.9 Å². The number of nitrogens with zero attached hydrogens (tertiary/aromatic N) is 2. The fraction of sp³-hybridized carbons (Fsp3) is 0.625. The van der Waals surface area contributed by atoms with Gasteiger partial charge < -0.3 is 4.74 Å². The Labute approximate surface area is 195 Å². The molecule has 2 aliphatic carbocycles. The minimum atomic E-state index is -3.75. The minimum absolute atomic E-state index is 0.0760. The number of nitro benzene ring substituents is 1. The molecule has 0 unspecified atom stereocenters. The van der Waals surface area contributed by atoms with E-state index in [9.17, 15) is 23.3 Å². The Morgan fingerprint density at radius 1 is 1.18 bits per heavy atom. The Bertz CT molecular complexity index is 1050. The normalized spacial score (nSPS) is 30.7. The Balaban J connectivity index is 1.58. The van der Waals surface area contributed by atoms with Crippen molar-refractivity contribution in [3.05, 3.63) is 46.0 Å². The van der Waals surface area contributed by atoms with Crippen LogP contribution in [0.4, 0.5) is 5.69 Å². The smallest absolute Gasteiger partial charge is 0.302 e. The molecular formula is C24H32N2O6S. The van der Waals surface area contributed by atoms with Gasteiger partial charge in [0.2, 0.25) is 10.0 Å². The Morgan fingerprint density at radius 2 is 1.88 bits per heavy atom. The lowest BCUT2D eigenvalue weighted by Gasteiger charge is -2.49. The maximum Gasteiger partial charge on any atom is 0.302 e. The number of esters is 1. The fourth-order valence-corrected chi connectivity index (χ4v) is 7.85. The predicted octanol–water partition coefficient (Wildman–Crippen LogP) is 4.45. The van der Waals surface area contributed by atoms with Gasteiger partial charge in [0.05, 0.1) is 9.82 Å². The first-order chi connectivity index (χ1) is 15.6. The van der Waals surface area contributed by atoms with E-state index in [1.807, 2.05) is 0 Å². The molecule has 9 heteroatoms. The van der Waals surface area contributed by atoms with Gasteiger partial charge in [-0.2, -0.15) is 4.31 Å². The van der Waals surface area contributed by atoms with Gasteiger partial charge in [-0.1, -0.05) is 18.6 Å². The molecule has 2 fully saturated rings. The van der Waals surface area contributed by atoms with Gasteiger partial charge in [0.15, 0.2) is 0 Å². The standard InChI is InChI=1S/C24H32N2O6S/c1-17-15-20-7-6-19-5-3-13-25(14-4-12-24(19,20)23(16-17)32-18(2)27)33(30,31)22-10-8-21(9-11-22)26(28)29/h6,8-11,17,20,23H,3-5,7,12-16H2,1-2H3/t17-,20+,23-,24+/m0/s1. The number of rotatable bonds is 4. The number of carbonyl (C=O) groups excluding carboxylic acids is 1. The molecule has 1 aromatic rings. The summed E-state index contributed by atoms with van der Waals surface area (Å²) in [5.74, 6) is 0.665. The van der Waals surface area contributed by atoms with E-state index in [1.54, 1.807) is 0 Å². The SMILES string of the molecule is CC(=O)O[C@H]1C[C@@H](C)C[C@H]2CC=C3CCCN(S(=O)(=O)c4ccc([N+](=O)[O-])cc4)CCC[C@@]321. The number of hydrogen-bond acceptors (Lipinski definition) is 6. The minimum Gasteiger partial charge on any atom is -0.462 e. The molecule has 8 nitrogen and oxygen atoms in total. The van der Waals surface area contributed by atoms with Gasteiger partial charge in [-0.25, -0.2) is 8.42 Å². The quantitative estimate of drug-likeness (QED) is 0.275. The molecule has 0 aromatic heterocycles. The average Bonchev–Trinajstić information content (AvgIpc) is 3.13. The zero-order valence-corrected chi connectivity index (χ0v) is 20.1. The van der Waals surface area contributed by atoms with E-state index in [2.05, 4.69) is 13.0 Å². The third kappa shape index (κ3) is 4.45. The Morgan fingerprint density at radius 3 is 2.55 bits per heavy atom. The number of benzene rings is 1. The summed E-state index contributed by atoms with van der Waals surface area (Å²) in [5, 5.41) is 10.9. The zero-order valence-electron chi connectivity index (χ0n) is 19.2. The first kappa shape index (κ1) is 23.9. The van der Waals surface area contributed by atoms with Crippen molar-refractivity contribution in [2.45, 2.75) is 69.8 Å². The van der Waals surface area contributed by atoms with E-state index < -0.39 is 14.9 Å². The summed E-state index contributed by atoms with van der Waals surface area (Å²) in [7, 11) is -3.75. The van der Waals surface area contributed by atoms with Crippen LogP contribution in [0.2, 0.25) is 0 Å². The second-order valence-corrected chi connectivity index (χ2v) is 11.7. The molecular weight excluding hydrogens is 444 g/mol. The summed E-state index contributed by atoms with van der Waals surface area (Å²) < 4.78 is 34.0. The van der Waals surface area contributed by atoms with Crippen LogP contribution in [-0.4, -0.2) is 42.8 Å². The summed E-state index contributed by atoms with van der Waals surface area (Å²) in [5.41, 5.74) is 1.01. The van der Waals surface area contributed by atoms with E-state index >= 15 is 0 Å². The fourth-order valence-electron chi connectivity index (χ4n) is 6.33. The van der Waals surface area contributed by atoms with Crippen molar-refractivity contribution >= 4 is 21.7 Å². The molecule has 1 saturated heterocycles. The highest BCUT2D eigenvalue weighted by atomic mass is 32.2. The molecule has 1 spiro atoms. The van der Waals surface area contributed by atoms with Gasteiger partial charge in [0.1, 0.15) is 6.10 Å². The Kier molecular flexibility index (Phi) is 6.64. The summed E-state index contributed by atoms with van der Waals surface area (Å²) >= 11 is 0. The topological polar surface area (TPSA) is 107 Å². The number of carbonyl (C=O) groups is 1. The van der Waals surface area contributed by atoms with Crippen molar-refractivity contribution in [1.82, 2.24) is 4.31 Å². The number of ether oxygens (including phenoxy) is 1. The molecule has 0 amide bonds. The molecule has 180 valence electrons. The molecule has 4 rings (SSSR count). The number of sulfonamides is 1. The molecule has 4 atom stereocenters. The average molecular weight is 477 g/mol. The second kappa shape index (κ2) is 9.18. The summed E-state index contributed by atoms with van der Waals surface area (Å²) in [6.07, 6.45) is 8.05. The maximum absolute atomic E-state index is 13.3. The highest BCUT2D eigenvalue weighted by molar-refractivity contribution is 7.89. The van der Waals surface area contributed by atoms with Gasteiger partial charge >= 0.3 is 5.97 Å². The molecule has 3 aliphatic rings. The zero-order chi connectivity index (χ0) is 23.8. The number of non-ortho nitro benzene ring substituents is 1. The molecule has 1 saturated carbocycles. The third-order valence-corrected chi connectivity index (χ3v) is 9.61. The van der Waals surface area contributed by atoms with E-state index in [0.29, 0.717) is 37.8 Å². The monoisotopic (exact) mass is 476 g/mol. The predicted molar refractivity (Wildman–Crippen MR) is 123 cm³/mol. The lowest BCUT2D eigenvalue weighted by atomic mass is 9.58.